The van der Waals surface area contributed by atoms with E-state index in [1.54, 1.807) is 0 Å². The van der Waals surface area contributed by atoms with E-state index >= 15 is 0 Å². The van der Waals surface area contributed by atoms with Crippen LogP contribution < -0.4 is 10.6 Å². The van der Waals surface area contributed by atoms with E-state index in [0.717, 1.165) is 22.5 Å². The molecular formula is C31H30N2O2. The Hall–Kier alpha value is -4.18. The first-order valence-corrected chi connectivity index (χ1v) is 12.0. The van der Waals surface area contributed by atoms with Crippen LogP contribution in [0.5, 0.6) is 0 Å². The van der Waals surface area contributed by atoms with Crippen LogP contribution in [0.4, 0.5) is 11.4 Å². The van der Waals surface area contributed by atoms with Gasteiger partial charge in [-0.3, -0.25) is 9.59 Å². The highest BCUT2D eigenvalue weighted by atomic mass is 16.2. The highest BCUT2D eigenvalue weighted by Gasteiger charge is 2.30. The number of carbonyl (C=O) groups is 2. The van der Waals surface area contributed by atoms with E-state index in [1.165, 1.54) is 0 Å². The predicted octanol–water partition coefficient (Wildman–Crippen LogP) is 6.69. The van der Waals surface area contributed by atoms with Gasteiger partial charge in [-0.25, -0.2) is 0 Å². The third-order valence-corrected chi connectivity index (χ3v) is 6.13. The summed E-state index contributed by atoms with van der Waals surface area (Å²) in [5, 5.41) is 6.02. The molecule has 0 bridgehead atoms. The minimum absolute atomic E-state index is 0.0755. The number of hydrogen-bond acceptors (Lipinski definition) is 2. The van der Waals surface area contributed by atoms with E-state index in [0.29, 0.717) is 12.8 Å². The monoisotopic (exact) mass is 462 g/mol. The summed E-state index contributed by atoms with van der Waals surface area (Å²) >= 11 is 0. The molecule has 0 heterocycles. The molecule has 0 aliphatic carbocycles. The molecular weight excluding hydrogens is 432 g/mol. The van der Waals surface area contributed by atoms with Crippen LogP contribution in [-0.2, 0) is 16.0 Å². The fourth-order valence-electron chi connectivity index (χ4n) is 4.36. The zero-order valence-electron chi connectivity index (χ0n) is 19.6. The maximum absolute atomic E-state index is 13.6. The van der Waals surface area contributed by atoms with Gasteiger partial charge in [-0.05, 0) is 54.2 Å². The van der Waals surface area contributed by atoms with Gasteiger partial charge < -0.3 is 10.6 Å². The first-order chi connectivity index (χ1) is 17.2. The van der Waals surface area contributed by atoms with Gasteiger partial charge in [0.25, 0.3) is 0 Å². The van der Waals surface area contributed by atoms with Crippen molar-refractivity contribution in [2.75, 3.05) is 10.6 Å². The molecule has 0 saturated heterocycles. The van der Waals surface area contributed by atoms with Gasteiger partial charge >= 0.3 is 0 Å². The Labute approximate surface area is 207 Å². The molecule has 4 rings (SSSR count). The van der Waals surface area contributed by atoms with E-state index in [1.807, 2.05) is 97.1 Å². The summed E-state index contributed by atoms with van der Waals surface area (Å²) in [5.41, 5.74) is 3.76. The summed E-state index contributed by atoms with van der Waals surface area (Å²) in [7, 11) is 0. The van der Waals surface area contributed by atoms with E-state index in [4.69, 9.17) is 0 Å². The van der Waals surface area contributed by atoms with Crippen molar-refractivity contribution in [2.45, 2.75) is 25.2 Å². The molecule has 4 aromatic rings. The lowest BCUT2D eigenvalue weighted by Gasteiger charge is -2.27. The van der Waals surface area contributed by atoms with Crippen LogP contribution in [0.3, 0.4) is 0 Å². The molecule has 0 aliphatic rings. The summed E-state index contributed by atoms with van der Waals surface area (Å²) in [6.45, 7) is 0. The molecule has 0 aliphatic heterocycles. The lowest BCUT2D eigenvalue weighted by Crippen LogP contribution is -2.30. The van der Waals surface area contributed by atoms with Gasteiger partial charge in [0.05, 0.1) is 0 Å². The normalized spacial score (nSPS) is 12.3. The van der Waals surface area contributed by atoms with Gasteiger partial charge in [0, 0.05) is 23.7 Å². The molecule has 2 atom stereocenters. The van der Waals surface area contributed by atoms with Crippen LogP contribution in [0, 0.1) is 5.92 Å². The number of benzene rings is 4. The number of anilines is 2. The molecule has 0 radical (unpaired) electrons. The van der Waals surface area contributed by atoms with E-state index in [-0.39, 0.29) is 30.1 Å². The fourth-order valence-corrected chi connectivity index (χ4v) is 4.36. The van der Waals surface area contributed by atoms with Crippen molar-refractivity contribution in [3.8, 4) is 0 Å². The summed E-state index contributed by atoms with van der Waals surface area (Å²) in [6, 6.07) is 39.2. The predicted molar refractivity (Wildman–Crippen MR) is 142 cm³/mol. The van der Waals surface area contributed by atoms with Gasteiger partial charge in [-0.2, -0.15) is 0 Å². The largest absolute Gasteiger partial charge is 0.326 e. The summed E-state index contributed by atoms with van der Waals surface area (Å²) < 4.78 is 0. The average Bonchev–Trinajstić information content (AvgIpc) is 2.90. The van der Waals surface area contributed by atoms with Crippen LogP contribution in [0.1, 0.15) is 29.9 Å². The van der Waals surface area contributed by atoms with E-state index in [9.17, 15) is 9.59 Å². The third kappa shape index (κ3) is 7.15. The Kier molecular flexibility index (Phi) is 8.44. The van der Waals surface area contributed by atoms with Crippen molar-refractivity contribution in [1.82, 2.24) is 0 Å². The molecule has 4 aromatic carbocycles. The summed E-state index contributed by atoms with van der Waals surface area (Å²) in [6.07, 6.45) is 1.39. The van der Waals surface area contributed by atoms with Crippen LogP contribution >= 0.6 is 0 Å². The molecule has 35 heavy (non-hydrogen) atoms. The summed E-state index contributed by atoms with van der Waals surface area (Å²) in [4.78, 5) is 26.4. The molecule has 2 amide bonds. The first-order valence-electron chi connectivity index (χ1n) is 12.0. The Morgan fingerprint density at radius 3 is 1.66 bits per heavy atom. The summed E-state index contributed by atoms with van der Waals surface area (Å²) in [5.74, 6) is -0.639. The van der Waals surface area contributed by atoms with Crippen molar-refractivity contribution in [2.24, 2.45) is 5.92 Å². The zero-order valence-corrected chi connectivity index (χ0v) is 19.6. The van der Waals surface area contributed by atoms with Crippen molar-refractivity contribution in [3.05, 3.63) is 132 Å². The van der Waals surface area contributed by atoms with Gasteiger partial charge in [0.1, 0.15) is 0 Å². The van der Waals surface area contributed by atoms with Crippen LogP contribution in [0.25, 0.3) is 0 Å². The number of amides is 2. The van der Waals surface area contributed by atoms with E-state index < -0.39 is 0 Å². The second-order valence-corrected chi connectivity index (χ2v) is 8.62. The lowest BCUT2D eigenvalue weighted by atomic mass is 9.78. The quantitative estimate of drug-likeness (QED) is 0.276. The number of carbonyl (C=O) groups excluding carboxylic acids is 2. The molecule has 176 valence electrons. The Balaban J connectivity index is 1.59. The minimum Gasteiger partial charge on any atom is -0.326 e. The highest BCUT2D eigenvalue weighted by molar-refractivity contribution is 5.94. The maximum atomic E-state index is 13.6. The SMILES string of the molecule is O=C(CCC(C(=O)Nc1ccccc1)C(Cc1ccccc1)c1ccccc1)Nc1ccccc1. The zero-order chi connectivity index (χ0) is 24.3. The molecule has 4 nitrogen and oxygen atoms in total. The second kappa shape index (κ2) is 12.3. The smallest absolute Gasteiger partial charge is 0.228 e. The topological polar surface area (TPSA) is 58.2 Å². The minimum atomic E-state index is -0.390. The van der Waals surface area contributed by atoms with Crippen molar-refractivity contribution < 1.29 is 9.59 Å². The van der Waals surface area contributed by atoms with Gasteiger partial charge in [0.15, 0.2) is 0 Å². The molecule has 2 N–H and O–H groups in total. The van der Waals surface area contributed by atoms with Crippen LogP contribution in [0.2, 0.25) is 0 Å². The highest BCUT2D eigenvalue weighted by Crippen LogP contribution is 2.33. The standard InChI is InChI=1S/C31H30N2O2/c34-30(32-26-17-9-3-10-18-26)22-21-28(31(35)33-27-19-11-4-12-20-27)29(25-15-7-2-8-16-25)23-24-13-5-1-6-14-24/h1-20,28-29H,21-23H2,(H,32,34)(H,33,35). The average molecular weight is 463 g/mol. The third-order valence-electron chi connectivity index (χ3n) is 6.13. The molecule has 4 heteroatoms. The van der Waals surface area contributed by atoms with Crippen LogP contribution in [0.15, 0.2) is 121 Å². The number of nitrogens with one attached hydrogen (secondary N) is 2. The second-order valence-electron chi connectivity index (χ2n) is 8.62. The maximum Gasteiger partial charge on any atom is 0.228 e. The molecule has 0 saturated carbocycles. The molecule has 0 spiro atoms. The van der Waals surface area contributed by atoms with Crippen molar-refractivity contribution in [1.29, 1.82) is 0 Å². The van der Waals surface area contributed by atoms with Crippen molar-refractivity contribution >= 4 is 23.2 Å². The Bertz CT molecular complexity index is 1200. The van der Waals surface area contributed by atoms with Gasteiger partial charge in [-0.15, -0.1) is 0 Å². The Morgan fingerprint density at radius 1 is 0.600 bits per heavy atom. The molecule has 2 unspecified atom stereocenters. The van der Waals surface area contributed by atoms with Crippen LogP contribution in [-0.4, -0.2) is 11.8 Å². The Morgan fingerprint density at radius 2 is 1.09 bits per heavy atom. The number of para-hydroxylation sites is 2. The molecule has 0 aromatic heterocycles. The fraction of sp³-hybridized carbons (Fsp3) is 0.161. The van der Waals surface area contributed by atoms with Gasteiger partial charge in [0.2, 0.25) is 11.8 Å². The lowest BCUT2D eigenvalue weighted by molar-refractivity contribution is -0.121. The first kappa shape index (κ1) is 24.0. The van der Waals surface area contributed by atoms with Gasteiger partial charge in [-0.1, -0.05) is 97.1 Å². The van der Waals surface area contributed by atoms with E-state index in [2.05, 4.69) is 34.9 Å². The number of rotatable bonds is 10. The van der Waals surface area contributed by atoms with Crippen molar-refractivity contribution in [3.63, 3.8) is 0 Å². The number of hydrogen-bond donors (Lipinski definition) is 2. The molecule has 0 fully saturated rings.